The highest BCUT2D eigenvalue weighted by atomic mass is 32.1. The number of nitrogens with one attached hydrogen (secondary N) is 1. The quantitative estimate of drug-likeness (QED) is 0.782. The summed E-state index contributed by atoms with van der Waals surface area (Å²) in [7, 11) is 0. The molecule has 4 heteroatoms. The van der Waals surface area contributed by atoms with E-state index in [0.29, 0.717) is 0 Å². The topological polar surface area (TPSA) is 29.3 Å². The molecule has 0 unspecified atom stereocenters. The van der Waals surface area contributed by atoms with Gasteiger partial charge in [0.2, 0.25) is 0 Å². The van der Waals surface area contributed by atoms with E-state index in [1.165, 1.54) is 0 Å². The SMILES string of the molecule is Cc1nc2sccn2c1NC(C)(C)C. The predicted octanol–water partition coefficient (Wildman–Crippen LogP) is 2.91. The van der Waals surface area contributed by atoms with Crippen molar-refractivity contribution < 1.29 is 0 Å². The van der Waals surface area contributed by atoms with Crippen molar-refractivity contribution in [2.24, 2.45) is 0 Å². The van der Waals surface area contributed by atoms with Crippen LogP contribution in [0.25, 0.3) is 4.96 Å². The molecule has 0 aliphatic rings. The maximum absolute atomic E-state index is 4.48. The number of hydrogen-bond donors (Lipinski definition) is 1. The lowest BCUT2D eigenvalue weighted by atomic mass is 10.1. The number of rotatable bonds is 1. The van der Waals surface area contributed by atoms with Crippen molar-refractivity contribution in [1.82, 2.24) is 9.38 Å². The monoisotopic (exact) mass is 209 g/mol. The molecule has 0 bridgehead atoms. The van der Waals surface area contributed by atoms with E-state index in [9.17, 15) is 0 Å². The van der Waals surface area contributed by atoms with Gasteiger partial charge < -0.3 is 5.32 Å². The highest BCUT2D eigenvalue weighted by Crippen LogP contribution is 2.23. The zero-order valence-electron chi connectivity index (χ0n) is 8.96. The molecule has 0 aromatic carbocycles. The largest absolute Gasteiger partial charge is 0.365 e. The summed E-state index contributed by atoms with van der Waals surface area (Å²) in [4.78, 5) is 5.53. The summed E-state index contributed by atoms with van der Waals surface area (Å²) in [6.45, 7) is 8.49. The Bertz CT molecular complexity index is 447. The van der Waals surface area contributed by atoms with E-state index in [4.69, 9.17) is 0 Å². The van der Waals surface area contributed by atoms with E-state index in [2.05, 4.69) is 40.9 Å². The maximum atomic E-state index is 4.48. The zero-order valence-corrected chi connectivity index (χ0v) is 9.77. The zero-order chi connectivity index (χ0) is 10.3. The predicted molar refractivity (Wildman–Crippen MR) is 61.2 cm³/mol. The molecule has 0 saturated carbocycles. The van der Waals surface area contributed by atoms with Crippen LogP contribution in [-0.2, 0) is 0 Å². The summed E-state index contributed by atoms with van der Waals surface area (Å²) in [6.07, 6.45) is 2.05. The summed E-state index contributed by atoms with van der Waals surface area (Å²) >= 11 is 1.66. The average molecular weight is 209 g/mol. The molecule has 2 aromatic heterocycles. The van der Waals surface area contributed by atoms with Crippen LogP contribution in [0.3, 0.4) is 0 Å². The van der Waals surface area contributed by atoms with Gasteiger partial charge in [-0.15, -0.1) is 11.3 Å². The van der Waals surface area contributed by atoms with Gasteiger partial charge in [0.25, 0.3) is 0 Å². The summed E-state index contributed by atoms with van der Waals surface area (Å²) in [5.41, 5.74) is 1.13. The average Bonchev–Trinajstić information content (AvgIpc) is 2.54. The Morgan fingerprint density at radius 1 is 1.43 bits per heavy atom. The van der Waals surface area contributed by atoms with Gasteiger partial charge in [-0.25, -0.2) is 4.98 Å². The summed E-state index contributed by atoms with van der Waals surface area (Å²) in [5, 5.41) is 5.52. The minimum absolute atomic E-state index is 0.0721. The van der Waals surface area contributed by atoms with Crippen molar-refractivity contribution in [3.8, 4) is 0 Å². The lowest BCUT2D eigenvalue weighted by molar-refractivity contribution is 0.628. The third kappa shape index (κ3) is 1.62. The van der Waals surface area contributed by atoms with E-state index in [1.54, 1.807) is 11.3 Å². The van der Waals surface area contributed by atoms with Crippen LogP contribution in [0.5, 0.6) is 0 Å². The first-order chi connectivity index (χ1) is 6.47. The fourth-order valence-corrected chi connectivity index (χ4v) is 2.16. The molecule has 1 N–H and O–H groups in total. The third-order valence-electron chi connectivity index (χ3n) is 1.93. The number of nitrogens with zero attached hydrogens (tertiary/aromatic N) is 2. The Morgan fingerprint density at radius 3 is 2.79 bits per heavy atom. The molecule has 0 aliphatic heterocycles. The van der Waals surface area contributed by atoms with Crippen LogP contribution < -0.4 is 5.32 Å². The van der Waals surface area contributed by atoms with Gasteiger partial charge in [0.05, 0.1) is 5.69 Å². The molecule has 0 spiro atoms. The normalized spacial score (nSPS) is 12.3. The van der Waals surface area contributed by atoms with Crippen LogP contribution in [0, 0.1) is 6.92 Å². The van der Waals surface area contributed by atoms with Crippen LogP contribution in [0.15, 0.2) is 11.6 Å². The van der Waals surface area contributed by atoms with E-state index in [1.807, 2.05) is 13.1 Å². The highest BCUT2D eigenvalue weighted by Gasteiger charge is 2.15. The van der Waals surface area contributed by atoms with Crippen molar-refractivity contribution in [2.75, 3.05) is 5.32 Å². The van der Waals surface area contributed by atoms with Gasteiger partial charge in [0, 0.05) is 17.1 Å². The van der Waals surface area contributed by atoms with Gasteiger partial charge >= 0.3 is 0 Å². The first-order valence-electron chi connectivity index (χ1n) is 4.68. The number of anilines is 1. The molecule has 0 radical (unpaired) electrons. The molecular weight excluding hydrogens is 194 g/mol. The van der Waals surface area contributed by atoms with E-state index in [0.717, 1.165) is 16.5 Å². The molecule has 0 aliphatic carbocycles. The Labute approximate surface area is 87.8 Å². The van der Waals surface area contributed by atoms with Crippen LogP contribution in [-0.4, -0.2) is 14.9 Å². The second-order valence-corrected chi connectivity index (χ2v) is 5.35. The number of aromatic nitrogens is 2. The van der Waals surface area contributed by atoms with Gasteiger partial charge in [-0.2, -0.15) is 0 Å². The molecular formula is C10H15N3S. The number of aryl methyl sites for hydroxylation is 1. The molecule has 2 rings (SSSR count). The lowest BCUT2D eigenvalue weighted by Crippen LogP contribution is -2.27. The minimum atomic E-state index is 0.0721. The van der Waals surface area contributed by atoms with E-state index in [-0.39, 0.29) is 5.54 Å². The first kappa shape index (κ1) is 9.52. The Morgan fingerprint density at radius 2 is 2.14 bits per heavy atom. The Hall–Kier alpha value is -1.03. The molecule has 2 heterocycles. The fourth-order valence-electron chi connectivity index (χ4n) is 1.40. The Balaban J connectivity index is 2.49. The summed E-state index contributed by atoms with van der Waals surface area (Å²) < 4.78 is 2.10. The Kier molecular flexibility index (Phi) is 2.03. The third-order valence-corrected chi connectivity index (χ3v) is 2.69. The van der Waals surface area contributed by atoms with Crippen LogP contribution in [0.2, 0.25) is 0 Å². The van der Waals surface area contributed by atoms with Crippen molar-refractivity contribution in [3.63, 3.8) is 0 Å². The molecule has 3 nitrogen and oxygen atoms in total. The fraction of sp³-hybridized carbons (Fsp3) is 0.500. The lowest BCUT2D eigenvalue weighted by Gasteiger charge is -2.21. The van der Waals surface area contributed by atoms with E-state index >= 15 is 0 Å². The van der Waals surface area contributed by atoms with Crippen molar-refractivity contribution in [1.29, 1.82) is 0 Å². The van der Waals surface area contributed by atoms with Crippen LogP contribution >= 0.6 is 11.3 Å². The first-order valence-corrected chi connectivity index (χ1v) is 5.56. The van der Waals surface area contributed by atoms with Gasteiger partial charge in [-0.05, 0) is 27.7 Å². The second-order valence-electron chi connectivity index (χ2n) is 4.48. The highest BCUT2D eigenvalue weighted by molar-refractivity contribution is 7.15. The standard InChI is InChI=1S/C10H15N3S/c1-7-8(12-10(2,3)4)13-5-6-14-9(13)11-7/h5-6,12H,1-4H3. The molecule has 0 fully saturated rings. The number of fused-ring (bicyclic) bond motifs is 1. The summed E-state index contributed by atoms with van der Waals surface area (Å²) in [6, 6.07) is 0. The van der Waals surface area contributed by atoms with Crippen LogP contribution in [0.4, 0.5) is 5.82 Å². The summed E-state index contributed by atoms with van der Waals surface area (Å²) in [5.74, 6) is 1.11. The van der Waals surface area contributed by atoms with Crippen molar-refractivity contribution in [2.45, 2.75) is 33.2 Å². The van der Waals surface area contributed by atoms with E-state index < -0.39 is 0 Å². The van der Waals surface area contributed by atoms with Gasteiger partial charge in [-0.3, -0.25) is 4.40 Å². The molecule has 76 valence electrons. The van der Waals surface area contributed by atoms with Gasteiger partial charge in [0.15, 0.2) is 4.96 Å². The van der Waals surface area contributed by atoms with Gasteiger partial charge in [-0.1, -0.05) is 0 Å². The number of hydrogen-bond acceptors (Lipinski definition) is 3. The maximum Gasteiger partial charge on any atom is 0.195 e. The molecule has 0 atom stereocenters. The smallest absolute Gasteiger partial charge is 0.195 e. The molecule has 14 heavy (non-hydrogen) atoms. The molecule has 2 aromatic rings. The minimum Gasteiger partial charge on any atom is -0.365 e. The van der Waals surface area contributed by atoms with Gasteiger partial charge in [0.1, 0.15) is 5.82 Å². The number of thiazole rings is 1. The van der Waals surface area contributed by atoms with Crippen molar-refractivity contribution in [3.05, 3.63) is 17.3 Å². The van der Waals surface area contributed by atoms with Crippen molar-refractivity contribution >= 4 is 22.1 Å². The number of imidazole rings is 1. The second kappa shape index (κ2) is 2.98. The molecule has 0 saturated heterocycles. The van der Waals surface area contributed by atoms with Crippen LogP contribution in [0.1, 0.15) is 26.5 Å². The molecule has 0 amide bonds.